The van der Waals surface area contributed by atoms with Crippen molar-refractivity contribution < 1.29 is 4.74 Å². The van der Waals surface area contributed by atoms with Gasteiger partial charge in [0.2, 0.25) is 0 Å². The van der Waals surface area contributed by atoms with E-state index >= 15 is 0 Å². The van der Waals surface area contributed by atoms with Crippen LogP contribution in [0.15, 0.2) is 48.0 Å². The number of hydrogen-bond acceptors (Lipinski definition) is 1. The lowest BCUT2D eigenvalue weighted by Gasteiger charge is -2.51. The quantitative estimate of drug-likeness (QED) is 0.651. The zero-order valence-electron chi connectivity index (χ0n) is 13.8. The van der Waals surface area contributed by atoms with Gasteiger partial charge in [0.25, 0.3) is 0 Å². The number of rotatable bonds is 2. The lowest BCUT2D eigenvalue weighted by atomic mass is 9.54. The molecule has 0 amide bonds. The molecule has 2 aromatic carbocycles. The van der Waals surface area contributed by atoms with Gasteiger partial charge < -0.3 is 4.74 Å². The van der Waals surface area contributed by atoms with Gasteiger partial charge in [0.15, 0.2) is 0 Å². The SMILES string of the molecule is COC(=C1C2CC3CC(C2)CC1C3)c1cccc2ccccc12. The van der Waals surface area contributed by atoms with E-state index in [-0.39, 0.29) is 0 Å². The summed E-state index contributed by atoms with van der Waals surface area (Å²) < 4.78 is 6.05. The first kappa shape index (κ1) is 13.7. The highest BCUT2D eigenvalue weighted by molar-refractivity contribution is 5.93. The summed E-state index contributed by atoms with van der Waals surface area (Å²) >= 11 is 0. The summed E-state index contributed by atoms with van der Waals surface area (Å²) in [5.41, 5.74) is 2.95. The average molecular weight is 304 g/mol. The summed E-state index contributed by atoms with van der Waals surface area (Å²) in [5, 5.41) is 2.64. The molecule has 2 aromatic rings. The third-order valence-electron chi connectivity index (χ3n) is 6.52. The number of hydrogen-bond donors (Lipinski definition) is 0. The van der Waals surface area contributed by atoms with E-state index in [2.05, 4.69) is 42.5 Å². The first-order chi connectivity index (χ1) is 11.3. The van der Waals surface area contributed by atoms with E-state index < -0.39 is 0 Å². The Labute approximate surface area is 138 Å². The summed E-state index contributed by atoms with van der Waals surface area (Å²) in [5.74, 6) is 4.73. The zero-order valence-corrected chi connectivity index (χ0v) is 13.8. The Morgan fingerprint density at radius 1 is 0.826 bits per heavy atom. The standard InChI is InChI=1S/C22H24O/c1-23-22(20-8-4-6-16-5-2-3-7-19(16)20)21-17-10-14-9-15(12-17)13-18(21)11-14/h2-8,14-15,17-18H,9-13H2,1H3. The van der Waals surface area contributed by atoms with Crippen LogP contribution in [0.2, 0.25) is 0 Å². The molecule has 4 aliphatic rings. The van der Waals surface area contributed by atoms with Gasteiger partial charge in [-0.25, -0.2) is 0 Å². The predicted molar refractivity (Wildman–Crippen MR) is 94.9 cm³/mol. The molecule has 0 atom stereocenters. The van der Waals surface area contributed by atoms with Crippen LogP contribution < -0.4 is 0 Å². The highest BCUT2D eigenvalue weighted by Gasteiger charge is 2.46. The topological polar surface area (TPSA) is 9.23 Å². The van der Waals surface area contributed by atoms with E-state index in [1.54, 1.807) is 5.57 Å². The zero-order chi connectivity index (χ0) is 15.4. The molecule has 0 aromatic heterocycles. The van der Waals surface area contributed by atoms with Crippen LogP contribution >= 0.6 is 0 Å². The van der Waals surface area contributed by atoms with Crippen LogP contribution in [0.5, 0.6) is 0 Å². The Balaban J connectivity index is 1.70. The molecule has 0 saturated heterocycles. The number of ether oxygens (including phenoxy) is 1. The molecule has 0 radical (unpaired) electrons. The van der Waals surface area contributed by atoms with E-state index in [0.717, 1.165) is 23.7 Å². The number of benzene rings is 2. The molecule has 0 heterocycles. The average Bonchev–Trinajstić information content (AvgIpc) is 2.57. The molecule has 4 fully saturated rings. The maximum atomic E-state index is 6.05. The largest absolute Gasteiger partial charge is 0.496 e. The summed E-state index contributed by atoms with van der Waals surface area (Å²) in [6, 6.07) is 15.3. The van der Waals surface area contributed by atoms with Gasteiger partial charge in [0.05, 0.1) is 7.11 Å². The molecule has 1 heteroatoms. The highest BCUT2D eigenvalue weighted by atomic mass is 16.5. The number of allylic oxidation sites excluding steroid dienone is 1. The molecular formula is C22H24O. The van der Waals surface area contributed by atoms with E-state index in [1.165, 1.54) is 54.2 Å². The second kappa shape index (κ2) is 5.12. The molecule has 6 rings (SSSR count). The molecule has 4 saturated carbocycles. The Kier molecular flexibility index (Phi) is 3.04. The minimum absolute atomic E-state index is 0.778. The van der Waals surface area contributed by atoms with Crippen LogP contribution in [0.3, 0.4) is 0 Å². The van der Waals surface area contributed by atoms with Gasteiger partial charge in [-0.15, -0.1) is 0 Å². The van der Waals surface area contributed by atoms with Gasteiger partial charge in [0, 0.05) is 5.56 Å². The molecule has 0 aliphatic heterocycles. The minimum Gasteiger partial charge on any atom is -0.496 e. The maximum Gasteiger partial charge on any atom is 0.126 e. The van der Waals surface area contributed by atoms with Crippen molar-refractivity contribution in [1.29, 1.82) is 0 Å². The molecule has 1 nitrogen and oxygen atoms in total. The smallest absolute Gasteiger partial charge is 0.126 e. The fraction of sp³-hybridized carbons (Fsp3) is 0.455. The van der Waals surface area contributed by atoms with Gasteiger partial charge in [-0.2, -0.15) is 0 Å². The molecule has 0 unspecified atom stereocenters. The molecule has 23 heavy (non-hydrogen) atoms. The fourth-order valence-electron chi connectivity index (χ4n) is 5.87. The van der Waals surface area contributed by atoms with Crippen LogP contribution in [0.4, 0.5) is 0 Å². The van der Waals surface area contributed by atoms with Crippen molar-refractivity contribution >= 4 is 16.5 Å². The minimum atomic E-state index is 0.778. The number of fused-ring (bicyclic) bond motifs is 1. The second-order valence-corrected chi connectivity index (χ2v) is 7.82. The van der Waals surface area contributed by atoms with Crippen LogP contribution in [0.1, 0.15) is 37.7 Å². The van der Waals surface area contributed by atoms with Gasteiger partial charge in [-0.3, -0.25) is 0 Å². The lowest BCUT2D eigenvalue weighted by Crippen LogP contribution is -2.40. The molecular weight excluding hydrogens is 280 g/mol. The molecule has 0 N–H and O–H groups in total. The van der Waals surface area contributed by atoms with E-state index in [9.17, 15) is 0 Å². The van der Waals surface area contributed by atoms with Crippen LogP contribution in [0, 0.1) is 23.7 Å². The van der Waals surface area contributed by atoms with Crippen molar-refractivity contribution in [2.24, 2.45) is 23.7 Å². The summed E-state index contributed by atoms with van der Waals surface area (Å²) in [4.78, 5) is 0. The summed E-state index contributed by atoms with van der Waals surface area (Å²) in [7, 11) is 1.87. The first-order valence-electron chi connectivity index (χ1n) is 9.09. The van der Waals surface area contributed by atoms with Crippen molar-refractivity contribution in [3.8, 4) is 0 Å². The molecule has 0 spiro atoms. The highest BCUT2D eigenvalue weighted by Crippen LogP contribution is 2.58. The fourth-order valence-corrected chi connectivity index (χ4v) is 5.87. The van der Waals surface area contributed by atoms with Crippen molar-refractivity contribution in [3.63, 3.8) is 0 Å². The van der Waals surface area contributed by atoms with Gasteiger partial charge >= 0.3 is 0 Å². The predicted octanol–water partition coefficient (Wildman–Crippen LogP) is 5.65. The number of methoxy groups -OCH3 is 1. The Bertz CT molecular complexity index is 750. The van der Waals surface area contributed by atoms with E-state index in [4.69, 9.17) is 4.74 Å². The van der Waals surface area contributed by atoms with Crippen molar-refractivity contribution in [3.05, 3.63) is 53.6 Å². The Hall–Kier alpha value is -1.76. The van der Waals surface area contributed by atoms with Gasteiger partial charge in [-0.05, 0) is 72.1 Å². The van der Waals surface area contributed by atoms with E-state index in [0.29, 0.717) is 0 Å². The van der Waals surface area contributed by atoms with Crippen LogP contribution in [-0.4, -0.2) is 7.11 Å². The molecule has 118 valence electrons. The van der Waals surface area contributed by atoms with Crippen LogP contribution in [0.25, 0.3) is 16.5 Å². The third-order valence-corrected chi connectivity index (χ3v) is 6.52. The Morgan fingerprint density at radius 2 is 1.48 bits per heavy atom. The molecule has 4 aliphatic carbocycles. The van der Waals surface area contributed by atoms with Crippen molar-refractivity contribution in [2.45, 2.75) is 32.1 Å². The molecule has 4 bridgehead atoms. The normalized spacial score (nSPS) is 31.6. The monoisotopic (exact) mass is 304 g/mol. The Morgan fingerprint density at radius 3 is 2.17 bits per heavy atom. The van der Waals surface area contributed by atoms with Gasteiger partial charge in [0.1, 0.15) is 5.76 Å². The summed E-state index contributed by atoms with van der Waals surface area (Å²) in [6.45, 7) is 0. The lowest BCUT2D eigenvalue weighted by molar-refractivity contribution is 0.0675. The maximum absolute atomic E-state index is 6.05. The third kappa shape index (κ3) is 2.06. The van der Waals surface area contributed by atoms with Gasteiger partial charge in [-0.1, -0.05) is 42.5 Å². The summed E-state index contributed by atoms with van der Waals surface area (Å²) in [6.07, 6.45) is 7.11. The van der Waals surface area contributed by atoms with E-state index in [1.807, 2.05) is 7.11 Å². The van der Waals surface area contributed by atoms with Crippen LogP contribution in [-0.2, 0) is 4.74 Å². The van der Waals surface area contributed by atoms with Crippen molar-refractivity contribution in [1.82, 2.24) is 0 Å². The van der Waals surface area contributed by atoms with Crippen molar-refractivity contribution in [2.75, 3.05) is 7.11 Å². The first-order valence-corrected chi connectivity index (χ1v) is 9.09. The second-order valence-electron chi connectivity index (χ2n) is 7.82.